The monoisotopic (exact) mass is 640 g/mol. The molecule has 50 heavy (non-hydrogen) atoms. The Morgan fingerprint density at radius 2 is 1.04 bits per heavy atom. The summed E-state index contributed by atoms with van der Waals surface area (Å²) in [4.78, 5) is 10.5. The van der Waals surface area contributed by atoms with Crippen LogP contribution in [0.15, 0.2) is 158 Å². The number of hydrogen-bond acceptors (Lipinski definition) is 2. The lowest BCUT2D eigenvalue weighted by molar-refractivity contribution is 0.353. The van der Waals surface area contributed by atoms with E-state index in [0.717, 1.165) is 33.9 Å². The van der Waals surface area contributed by atoms with Crippen LogP contribution in [0.2, 0.25) is 0 Å². The van der Waals surface area contributed by atoms with E-state index in [4.69, 9.17) is 9.97 Å². The van der Waals surface area contributed by atoms with Crippen LogP contribution >= 0.6 is 0 Å². The molecule has 0 atom stereocenters. The van der Waals surface area contributed by atoms with E-state index >= 15 is 0 Å². The number of aromatic nitrogens is 2. The van der Waals surface area contributed by atoms with E-state index in [2.05, 4.69) is 152 Å². The number of rotatable bonds is 4. The molecule has 1 fully saturated rings. The fourth-order valence-electron chi connectivity index (χ4n) is 8.97. The molecule has 0 bridgehead atoms. The van der Waals surface area contributed by atoms with Gasteiger partial charge in [-0.3, -0.25) is 0 Å². The lowest BCUT2D eigenvalue weighted by Gasteiger charge is -2.36. The van der Waals surface area contributed by atoms with Crippen molar-refractivity contribution in [2.24, 2.45) is 0 Å². The molecule has 1 heterocycles. The first-order chi connectivity index (χ1) is 24.8. The predicted molar refractivity (Wildman–Crippen MR) is 208 cm³/mol. The Balaban J connectivity index is 1.29. The maximum absolute atomic E-state index is 5.39. The molecule has 2 heteroatoms. The number of benzene rings is 7. The van der Waals surface area contributed by atoms with Gasteiger partial charge in [-0.25, -0.2) is 9.97 Å². The quantitative estimate of drug-likeness (QED) is 0.191. The van der Waals surface area contributed by atoms with E-state index in [1.165, 1.54) is 87.0 Å². The molecule has 1 spiro atoms. The van der Waals surface area contributed by atoms with Crippen LogP contribution in [0.5, 0.6) is 0 Å². The molecule has 0 radical (unpaired) electrons. The summed E-state index contributed by atoms with van der Waals surface area (Å²) in [5.74, 6) is 0.733. The Labute approximate surface area is 293 Å². The van der Waals surface area contributed by atoms with Gasteiger partial charge >= 0.3 is 0 Å². The Bertz CT molecular complexity index is 2500. The van der Waals surface area contributed by atoms with Gasteiger partial charge in [0.15, 0.2) is 5.82 Å². The zero-order valence-corrected chi connectivity index (χ0v) is 27.9. The van der Waals surface area contributed by atoms with Crippen LogP contribution in [0.25, 0.3) is 77.7 Å². The smallest absolute Gasteiger partial charge is 0.160 e. The topological polar surface area (TPSA) is 25.8 Å². The number of hydrogen-bond donors (Lipinski definition) is 0. The van der Waals surface area contributed by atoms with Gasteiger partial charge in [0, 0.05) is 22.1 Å². The van der Waals surface area contributed by atoms with E-state index in [-0.39, 0.29) is 5.41 Å². The summed E-state index contributed by atoms with van der Waals surface area (Å²) in [5, 5.41) is 5.03. The third kappa shape index (κ3) is 4.55. The summed E-state index contributed by atoms with van der Waals surface area (Å²) in [6.07, 6.45) is 6.25. The molecule has 10 rings (SSSR count). The van der Waals surface area contributed by atoms with Crippen molar-refractivity contribution in [2.75, 3.05) is 0 Å². The van der Waals surface area contributed by atoms with Crippen molar-refractivity contribution in [1.82, 2.24) is 9.97 Å². The second kappa shape index (κ2) is 11.6. The summed E-state index contributed by atoms with van der Waals surface area (Å²) in [5.41, 5.74) is 13.4. The summed E-state index contributed by atoms with van der Waals surface area (Å²) in [6.45, 7) is 0. The normalized spacial score (nSPS) is 14.6. The molecule has 2 aliphatic rings. The Morgan fingerprint density at radius 1 is 0.400 bits per heavy atom. The van der Waals surface area contributed by atoms with Crippen molar-refractivity contribution in [3.63, 3.8) is 0 Å². The van der Waals surface area contributed by atoms with Crippen LogP contribution in [0, 0.1) is 0 Å². The van der Waals surface area contributed by atoms with Crippen molar-refractivity contribution in [2.45, 2.75) is 37.5 Å². The highest BCUT2D eigenvalue weighted by Crippen LogP contribution is 2.59. The van der Waals surface area contributed by atoms with Crippen molar-refractivity contribution < 1.29 is 0 Å². The van der Waals surface area contributed by atoms with Crippen molar-refractivity contribution in [3.8, 4) is 56.2 Å². The van der Waals surface area contributed by atoms with E-state index in [1.807, 2.05) is 6.07 Å². The minimum atomic E-state index is 0.0514. The van der Waals surface area contributed by atoms with Gasteiger partial charge in [-0.15, -0.1) is 0 Å². The largest absolute Gasteiger partial charge is 0.228 e. The van der Waals surface area contributed by atoms with Crippen molar-refractivity contribution in [3.05, 3.63) is 169 Å². The molecular formula is C48H36N2. The average Bonchev–Trinajstić information content (AvgIpc) is 3.44. The predicted octanol–water partition coefficient (Wildman–Crippen LogP) is 12.7. The molecule has 0 saturated heterocycles. The Morgan fingerprint density at radius 3 is 1.82 bits per heavy atom. The summed E-state index contributed by atoms with van der Waals surface area (Å²) >= 11 is 0. The second-order valence-corrected chi connectivity index (χ2v) is 14.0. The Kier molecular flexibility index (Phi) is 6.77. The summed E-state index contributed by atoms with van der Waals surface area (Å²) in [7, 11) is 0. The van der Waals surface area contributed by atoms with E-state index < -0.39 is 0 Å². The van der Waals surface area contributed by atoms with Gasteiger partial charge in [0.05, 0.1) is 11.4 Å². The van der Waals surface area contributed by atoms with Crippen LogP contribution in [0.4, 0.5) is 0 Å². The van der Waals surface area contributed by atoms with Gasteiger partial charge in [0.25, 0.3) is 0 Å². The molecule has 1 saturated carbocycles. The third-order valence-corrected chi connectivity index (χ3v) is 11.3. The summed E-state index contributed by atoms with van der Waals surface area (Å²) < 4.78 is 0. The van der Waals surface area contributed by atoms with Crippen molar-refractivity contribution in [1.29, 1.82) is 0 Å². The minimum absolute atomic E-state index is 0.0514. The molecule has 0 unspecified atom stereocenters. The maximum atomic E-state index is 5.39. The molecule has 0 N–H and O–H groups in total. The summed E-state index contributed by atoms with van der Waals surface area (Å²) in [6, 6.07) is 57.4. The fraction of sp³-hybridized carbons (Fsp3) is 0.125. The van der Waals surface area contributed by atoms with Crippen LogP contribution < -0.4 is 0 Å². The lowest BCUT2D eigenvalue weighted by atomic mass is 9.67. The zero-order chi connectivity index (χ0) is 33.1. The third-order valence-electron chi connectivity index (χ3n) is 11.3. The standard InChI is InChI=1S/C48H36N2/c1-4-16-33(17-5-1)43-31-44(50-47(49-43)34-18-6-2-7-19-34)46-37-22-11-10-15-32(37)25-26-39(46)38-23-14-24-41-45(38)40-29-35-20-8-9-21-36(35)30-42(40)48(41)27-12-3-13-28-48/h1-2,4-11,14-26,29-31H,3,12-13,27-28H2. The number of nitrogens with zero attached hydrogens (tertiary/aromatic N) is 2. The molecular weight excluding hydrogens is 605 g/mol. The van der Waals surface area contributed by atoms with E-state index in [9.17, 15) is 0 Å². The molecule has 238 valence electrons. The second-order valence-electron chi connectivity index (χ2n) is 14.0. The van der Waals surface area contributed by atoms with Crippen LogP contribution in [-0.4, -0.2) is 9.97 Å². The van der Waals surface area contributed by atoms with Crippen molar-refractivity contribution >= 4 is 21.5 Å². The molecule has 1 aromatic heterocycles. The first-order valence-corrected chi connectivity index (χ1v) is 18.0. The van der Waals surface area contributed by atoms with E-state index in [1.54, 1.807) is 0 Å². The highest BCUT2D eigenvalue weighted by Gasteiger charge is 2.45. The molecule has 8 aromatic rings. The first-order valence-electron chi connectivity index (χ1n) is 18.0. The van der Waals surface area contributed by atoms with Crippen LogP contribution in [-0.2, 0) is 5.41 Å². The van der Waals surface area contributed by atoms with Gasteiger partial charge in [-0.1, -0.05) is 159 Å². The van der Waals surface area contributed by atoms with Gasteiger partial charge in [-0.05, 0) is 86.0 Å². The van der Waals surface area contributed by atoms with E-state index in [0.29, 0.717) is 0 Å². The molecule has 2 aliphatic carbocycles. The molecule has 0 aliphatic heterocycles. The van der Waals surface area contributed by atoms with Gasteiger partial charge in [0.1, 0.15) is 0 Å². The maximum Gasteiger partial charge on any atom is 0.160 e. The minimum Gasteiger partial charge on any atom is -0.228 e. The first kappa shape index (κ1) is 29.1. The van der Waals surface area contributed by atoms with Gasteiger partial charge in [0.2, 0.25) is 0 Å². The van der Waals surface area contributed by atoms with Crippen LogP contribution in [0.3, 0.4) is 0 Å². The van der Waals surface area contributed by atoms with Gasteiger partial charge in [-0.2, -0.15) is 0 Å². The number of fused-ring (bicyclic) bond motifs is 7. The average molecular weight is 641 g/mol. The Hall–Kier alpha value is -5.86. The molecule has 0 amide bonds. The highest BCUT2D eigenvalue weighted by molar-refractivity contribution is 6.08. The molecule has 7 aromatic carbocycles. The lowest BCUT2D eigenvalue weighted by Crippen LogP contribution is -2.28. The van der Waals surface area contributed by atoms with Crippen LogP contribution in [0.1, 0.15) is 43.2 Å². The SMILES string of the molecule is c1ccc(-c2cc(-c3c(-c4cccc5c4-c4cc6ccccc6cc4C54CCCCC4)ccc4ccccc34)nc(-c3ccccc3)n2)cc1. The molecule has 2 nitrogen and oxygen atoms in total. The zero-order valence-electron chi connectivity index (χ0n) is 27.9. The fourth-order valence-corrected chi connectivity index (χ4v) is 8.97. The van der Waals surface area contributed by atoms with Gasteiger partial charge < -0.3 is 0 Å². The highest BCUT2D eigenvalue weighted by atomic mass is 14.9.